The van der Waals surface area contributed by atoms with Gasteiger partial charge in [0.1, 0.15) is 18.3 Å². The molecule has 1 aliphatic rings. The summed E-state index contributed by atoms with van der Waals surface area (Å²) in [7, 11) is 3.42. The summed E-state index contributed by atoms with van der Waals surface area (Å²) >= 11 is 0. The molecule has 2 aromatic carbocycles. The summed E-state index contributed by atoms with van der Waals surface area (Å²) in [6.45, 7) is 0.318. The van der Waals surface area contributed by atoms with Crippen LogP contribution < -0.4 is 10.6 Å². The first-order chi connectivity index (χ1) is 16.8. The van der Waals surface area contributed by atoms with Crippen molar-refractivity contribution in [2.75, 3.05) is 32.6 Å². The van der Waals surface area contributed by atoms with Gasteiger partial charge in [0, 0.05) is 12.5 Å². The lowest BCUT2D eigenvalue weighted by molar-refractivity contribution is -0.139. The van der Waals surface area contributed by atoms with Crippen LogP contribution in [0, 0.1) is 0 Å². The van der Waals surface area contributed by atoms with Crippen LogP contribution in [0.5, 0.6) is 0 Å². The van der Waals surface area contributed by atoms with Gasteiger partial charge >= 0.3 is 12.1 Å². The molecule has 0 spiro atoms. The molecule has 2 amide bonds. The predicted octanol–water partition coefficient (Wildman–Crippen LogP) is 3.19. The quantitative estimate of drug-likeness (QED) is 0.458. The third-order valence-electron chi connectivity index (χ3n) is 5.74. The summed E-state index contributed by atoms with van der Waals surface area (Å²) in [4.78, 5) is 41.8. The molecule has 180 valence electrons. The number of aromatic nitrogens is 1. The number of anilines is 1. The molecule has 9 nitrogen and oxygen atoms in total. The highest BCUT2D eigenvalue weighted by atomic mass is 16.5. The molecule has 0 fully saturated rings. The minimum atomic E-state index is -1.14. The van der Waals surface area contributed by atoms with Crippen LogP contribution in [0.15, 0.2) is 66.9 Å². The number of fused-ring (bicyclic) bond motifs is 3. The van der Waals surface area contributed by atoms with Gasteiger partial charge in [0.05, 0.1) is 11.9 Å². The van der Waals surface area contributed by atoms with Gasteiger partial charge in [-0.3, -0.25) is 10.1 Å². The van der Waals surface area contributed by atoms with Crippen LogP contribution in [-0.2, 0) is 9.53 Å². The SMILES string of the molecule is CN(C)CC(NC(=O)c1ccc(NC(=O)OCC2c3ccccc3-c3ccccc32)cn1)C(=O)O. The van der Waals surface area contributed by atoms with E-state index in [0.29, 0.717) is 5.69 Å². The van der Waals surface area contributed by atoms with Crippen molar-refractivity contribution >= 4 is 23.7 Å². The molecule has 3 aromatic rings. The van der Waals surface area contributed by atoms with Crippen molar-refractivity contribution in [3.05, 3.63) is 83.7 Å². The van der Waals surface area contributed by atoms with Crippen molar-refractivity contribution < 1.29 is 24.2 Å². The van der Waals surface area contributed by atoms with Crippen LogP contribution in [0.4, 0.5) is 10.5 Å². The van der Waals surface area contributed by atoms with Crippen molar-refractivity contribution in [3.8, 4) is 11.1 Å². The minimum absolute atomic E-state index is 0.0353. The van der Waals surface area contributed by atoms with Crippen molar-refractivity contribution in [2.45, 2.75) is 12.0 Å². The number of nitrogens with one attached hydrogen (secondary N) is 2. The Hall–Kier alpha value is -4.24. The highest BCUT2D eigenvalue weighted by Gasteiger charge is 2.29. The fourth-order valence-electron chi connectivity index (χ4n) is 4.14. The molecule has 0 saturated heterocycles. The second-order valence-electron chi connectivity index (χ2n) is 8.51. The van der Waals surface area contributed by atoms with Crippen molar-refractivity contribution in [1.82, 2.24) is 15.2 Å². The van der Waals surface area contributed by atoms with E-state index in [1.54, 1.807) is 19.0 Å². The average molecular weight is 475 g/mol. The molecule has 0 bridgehead atoms. The molecule has 1 aliphatic carbocycles. The third-order valence-corrected chi connectivity index (χ3v) is 5.74. The molecule has 1 unspecified atom stereocenters. The molecular formula is C26H26N4O5. The Morgan fingerprint density at radius 3 is 2.17 bits per heavy atom. The normalized spacial score (nSPS) is 13.0. The van der Waals surface area contributed by atoms with Crippen LogP contribution in [-0.4, -0.2) is 66.2 Å². The highest BCUT2D eigenvalue weighted by molar-refractivity contribution is 5.95. The number of ether oxygens (including phenoxy) is 1. The molecule has 1 heterocycles. The fourth-order valence-corrected chi connectivity index (χ4v) is 4.14. The van der Waals surface area contributed by atoms with Gasteiger partial charge in [-0.2, -0.15) is 0 Å². The van der Waals surface area contributed by atoms with E-state index in [1.165, 1.54) is 18.3 Å². The van der Waals surface area contributed by atoms with Gasteiger partial charge in [-0.1, -0.05) is 48.5 Å². The van der Waals surface area contributed by atoms with Crippen molar-refractivity contribution in [3.63, 3.8) is 0 Å². The van der Waals surface area contributed by atoms with E-state index >= 15 is 0 Å². The molecule has 1 aromatic heterocycles. The number of carboxylic acid groups (broad SMARTS) is 1. The Morgan fingerprint density at radius 1 is 1.00 bits per heavy atom. The van der Waals surface area contributed by atoms with E-state index in [4.69, 9.17) is 4.74 Å². The second-order valence-corrected chi connectivity index (χ2v) is 8.51. The van der Waals surface area contributed by atoms with Crippen molar-refractivity contribution in [1.29, 1.82) is 0 Å². The van der Waals surface area contributed by atoms with E-state index in [1.807, 2.05) is 36.4 Å². The fraction of sp³-hybridized carbons (Fsp3) is 0.231. The Labute approximate surface area is 202 Å². The summed E-state index contributed by atoms with van der Waals surface area (Å²) in [5.41, 5.74) is 4.91. The minimum Gasteiger partial charge on any atom is -0.480 e. The van der Waals surface area contributed by atoms with Gasteiger partial charge in [0.25, 0.3) is 5.91 Å². The zero-order chi connectivity index (χ0) is 24.9. The monoisotopic (exact) mass is 474 g/mol. The molecule has 4 rings (SSSR count). The van der Waals surface area contributed by atoms with Crippen LogP contribution in [0.1, 0.15) is 27.5 Å². The Balaban J connectivity index is 1.35. The zero-order valence-corrected chi connectivity index (χ0v) is 19.4. The highest BCUT2D eigenvalue weighted by Crippen LogP contribution is 2.44. The van der Waals surface area contributed by atoms with E-state index in [-0.39, 0.29) is 24.8 Å². The lowest BCUT2D eigenvalue weighted by Crippen LogP contribution is -2.47. The number of aliphatic carboxylic acids is 1. The molecule has 1 atom stereocenters. The van der Waals surface area contributed by atoms with Crippen molar-refractivity contribution in [2.24, 2.45) is 0 Å². The second kappa shape index (κ2) is 10.4. The number of benzene rings is 2. The van der Waals surface area contributed by atoms with Gasteiger partial charge in [-0.25, -0.2) is 14.6 Å². The number of likely N-dealkylation sites (N-methyl/N-ethyl adjacent to an activating group) is 1. The number of amides is 2. The maximum atomic E-state index is 12.4. The standard InChI is InChI=1S/C26H26N4O5/c1-30(2)14-23(25(32)33)29-24(31)22-12-11-16(13-27-22)28-26(34)35-15-21-19-9-5-3-7-17(19)18-8-4-6-10-20(18)21/h3-13,21,23H,14-15H2,1-2H3,(H,28,34)(H,29,31)(H,32,33). The number of pyridine rings is 1. The topological polar surface area (TPSA) is 121 Å². The number of carbonyl (C=O) groups is 3. The first-order valence-corrected chi connectivity index (χ1v) is 11.1. The smallest absolute Gasteiger partial charge is 0.411 e. The average Bonchev–Trinajstić information content (AvgIpc) is 3.16. The molecule has 0 aliphatic heterocycles. The molecule has 3 N–H and O–H groups in total. The summed E-state index contributed by atoms with van der Waals surface area (Å²) in [5, 5.41) is 14.3. The predicted molar refractivity (Wildman–Crippen MR) is 130 cm³/mol. The maximum Gasteiger partial charge on any atom is 0.411 e. The summed E-state index contributed by atoms with van der Waals surface area (Å²) < 4.78 is 5.51. The molecule has 35 heavy (non-hydrogen) atoms. The molecule has 9 heteroatoms. The summed E-state index contributed by atoms with van der Waals surface area (Å²) in [5.74, 6) is -1.81. The van der Waals surface area contributed by atoms with Crippen LogP contribution in [0.3, 0.4) is 0 Å². The van der Waals surface area contributed by atoms with Gasteiger partial charge < -0.3 is 20.1 Å². The van der Waals surface area contributed by atoms with E-state index in [9.17, 15) is 19.5 Å². The van der Waals surface area contributed by atoms with Gasteiger partial charge in [-0.05, 0) is 48.5 Å². The molecule has 0 radical (unpaired) electrons. The Bertz CT molecular complexity index is 1200. The Morgan fingerprint density at radius 2 is 1.63 bits per heavy atom. The molecule has 0 saturated carbocycles. The van der Waals surface area contributed by atoms with E-state index < -0.39 is 24.0 Å². The number of nitrogens with zero attached hydrogens (tertiary/aromatic N) is 2. The first kappa shape index (κ1) is 23.9. The number of hydrogen-bond donors (Lipinski definition) is 3. The van der Waals surface area contributed by atoms with Crippen LogP contribution in [0.2, 0.25) is 0 Å². The molecular weight excluding hydrogens is 448 g/mol. The van der Waals surface area contributed by atoms with E-state index in [2.05, 4.69) is 27.8 Å². The lowest BCUT2D eigenvalue weighted by atomic mass is 9.98. The van der Waals surface area contributed by atoms with Crippen LogP contribution >= 0.6 is 0 Å². The summed E-state index contributed by atoms with van der Waals surface area (Å²) in [6.07, 6.45) is 0.681. The summed E-state index contributed by atoms with van der Waals surface area (Å²) in [6, 6.07) is 18.0. The van der Waals surface area contributed by atoms with E-state index in [0.717, 1.165) is 22.3 Å². The Kier molecular flexibility index (Phi) is 7.07. The maximum absolute atomic E-state index is 12.4. The zero-order valence-electron chi connectivity index (χ0n) is 19.4. The van der Waals surface area contributed by atoms with Gasteiger partial charge in [0.15, 0.2) is 0 Å². The number of carboxylic acids is 1. The number of rotatable bonds is 8. The van der Waals surface area contributed by atoms with Crippen LogP contribution in [0.25, 0.3) is 11.1 Å². The van der Waals surface area contributed by atoms with Gasteiger partial charge in [0.2, 0.25) is 0 Å². The van der Waals surface area contributed by atoms with Gasteiger partial charge in [-0.15, -0.1) is 0 Å². The lowest BCUT2D eigenvalue weighted by Gasteiger charge is -2.18. The number of hydrogen-bond acceptors (Lipinski definition) is 6. The number of carbonyl (C=O) groups excluding carboxylic acids is 2. The third kappa shape index (κ3) is 5.47. The largest absolute Gasteiger partial charge is 0.480 e. The first-order valence-electron chi connectivity index (χ1n) is 11.1.